The monoisotopic (exact) mass is 379 g/mol. The summed E-state index contributed by atoms with van der Waals surface area (Å²) < 4.78 is 6.63. The van der Waals surface area contributed by atoms with Gasteiger partial charge in [0.05, 0.1) is 6.54 Å². The van der Waals surface area contributed by atoms with E-state index in [0.29, 0.717) is 13.1 Å². The molecule has 1 fully saturated rings. The highest BCUT2D eigenvalue weighted by Crippen LogP contribution is 2.27. The quantitative estimate of drug-likeness (QED) is 0.755. The third-order valence-electron chi connectivity index (χ3n) is 3.35. The van der Waals surface area contributed by atoms with E-state index in [1.807, 2.05) is 54.6 Å². The number of cyclic esters (lactones) is 1. The summed E-state index contributed by atoms with van der Waals surface area (Å²) in [5.74, 6) is 0. The van der Waals surface area contributed by atoms with Gasteiger partial charge in [0.2, 0.25) is 0 Å². The molecule has 0 bridgehead atoms. The maximum Gasteiger partial charge on any atom is 0.410 e. The number of carbonyl (C=O) groups is 1. The minimum atomic E-state index is -0.239. The van der Waals surface area contributed by atoms with Crippen LogP contribution < -0.4 is 0 Å². The molecular formula is C16H14INO2. The minimum absolute atomic E-state index is 0.160. The van der Waals surface area contributed by atoms with Gasteiger partial charge >= 0.3 is 6.09 Å². The molecule has 0 radical (unpaired) electrons. The maximum atomic E-state index is 11.9. The molecule has 2 aromatic rings. The van der Waals surface area contributed by atoms with Crippen LogP contribution in [0.15, 0.2) is 54.6 Å². The molecule has 3 nitrogen and oxygen atoms in total. The predicted octanol–water partition coefficient (Wildman–Crippen LogP) is 3.98. The number of rotatable bonds is 3. The van der Waals surface area contributed by atoms with Crippen LogP contribution in [0.25, 0.3) is 0 Å². The fraction of sp³-hybridized carbons (Fsp3) is 0.188. The Morgan fingerprint density at radius 2 is 1.80 bits per heavy atom. The first-order chi connectivity index (χ1) is 9.72. The number of benzene rings is 2. The average Bonchev–Trinajstić information content (AvgIpc) is 2.84. The summed E-state index contributed by atoms with van der Waals surface area (Å²) in [7, 11) is 0. The van der Waals surface area contributed by atoms with E-state index in [0.717, 1.165) is 11.1 Å². The van der Waals surface area contributed by atoms with E-state index in [1.54, 1.807) is 4.90 Å². The van der Waals surface area contributed by atoms with E-state index in [1.165, 1.54) is 3.57 Å². The van der Waals surface area contributed by atoms with Crippen molar-refractivity contribution in [3.63, 3.8) is 0 Å². The van der Waals surface area contributed by atoms with Gasteiger partial charge in [0, 0.05) is 10.1 Å². The van der Waals surface area contributed by atoms with Gasteiger partial charge in [0.25, 0.3) is 0 Å². The molecule has 0 spiro atoms. The molecule has 20 heavy (non-hydrogen) atoms. The van der Waals surface area contributed by atoms with Crippen LogP contribution in [0, 0.1) is 3.57 Å². The molecule has 3 rings (SSSR count). The standard InChI is InChI=1S/C16H14INO2/c17-14-8-6-12(7-9-14)10-18-11-15(20-16(18)19)13-4-2-1-3-5-13/h1-9,15H,10-11H2/t15-/m0/s1. The summed E-state index contributed by atoms with van der Waals surface area (Å²) >= 11 is 2.27. The Bertz CT molecular complexity index is 598. The summed E-state index contributed by atoms with van der Waals surface area (Å²) in [6, 6.07) is 18.1. The zero-order valence-corrected chi connectivity index (χ0v) is 13.0. The molecule has 1 atom stereocenters. The van der Waals surface area contributed by atoms with Gasteiger partial charge in [0.15, 0.2) is 0 Å². The first-order valence-electron chi connectivity index (χ1n) is 6.47. The van der Waals surface area contributed by atoms with Crippen molar-refractivity contribution in [2.24, 2.45) is 0 Å². The summed E-state index contributed by atoms with van der Waals surface area (Å²) in [4.78, 5) is 13.7. The Balaban J connectivity index is 1.70. The largest absolute Gasteiger partial charge is 0.439 e. The lowest BCUT2D eigenvalue weighted by Gasteiger charge is -2.13. The van der Waals surface area contributed by atoms with Crippen molar-refractivity contribution in [3.05, 3.63) is 69.3 Å². The van der Waals surface area contributed by atoms with E-state index in [9.17, 15) is 4.79 Å². The molecule has 0 aromatic heterocycles. The van der Waals surface area contributed by atoms with Crippen LogP contribution in [0.1, 0.15) is 17.2 Å². The lowest BCUT2D eigenvalue weighted by molar-refractivity contribution is 0.132. The van der Waals surface area contributed by atoms with Gasteiger partial charge in [-0.3, -0.25) is 4.90 Å². The topological polar surface area (TPSA) is 29.5 Å². The van der Waals surface area contributed by atoms with Gasteiger partial charge in [-0.1, -0.05) is 42.5 Å². The second kappa shape index (κ2) is 5.83. The van der Waals surface area contributed by atoms with Crippen molar-refractivity contribution in [3.8, 4) is 0 Å². The fourth-order valence-electron chi connectivity index (χ4n) is 2.29. The highest BCUT2D eigenvalue weighted by molar-refractivity contribution is 14.1. The van der Waals surface area contributed by atoms with E-state index in [4.69, 9.17) is 4.74 Å². The number of halogens is 1. The molecule has 2 aromatic carbocycles. The van der Waals surface area contributed by atoms with Crippen LogP contribution in [0.5, 0.6) is 0 Å². The van der Waals surface area contributed by atoms with Gasteiger partial charge in [-0.25, -0.2) is 4.79 Å². The summed E-state index contributed by atoms with van der Waals surface area (Å²) in [6.45, 7) is 1.20. The van der Waals surface area contributed by atoms with Crippen LogP contribution in [-0.2, 0) is 11.3 Å². The smallest absolute Gasteiger partial charge is 0.410 e. The first-order valence-corrected chi connectivity index (χ1v) is 7.55. The van der Waals surface area contributed by atoms with Crippen molar-refractivity contribution in [1.29, 1.82) is 0 Å². The number of ether oxygens (including phenoxy) is 1. The number of hydrogen-bond donors (Lipinski definition) is 0. The zero-order valence-electron chi connectivity index (χ0n) is 10.8. The lowest BCUT2D eigenvalue weighted by atomic mass is 10.1. The Morgan fingerprint density at radius 3 is 2.50 bits per heavy atom. The van der Waals surface area contributed by atoms with Crippen molar-refractivity contribution in [1.82, 2.24) is 4.90 Å². The minimum Gasteiger partial charge on any atom is -0.439 e. The molecule has 0 saturated carbocycles. The van der Waals surface area contributed by atoms with Gasteiger partial charge in [-0.15, -0.1) is 0 Å². The molecule has 4 heteroatoms. The van der Waals surface area contributed by atoms with E-state index in [-0.39, 0.29) is 12.2 Å². The van der Waals surface area contributed by atoms with Crippen LogP contribution in [0.2, 0.25) is 0 Å². The molecule has 1 heterocycles. The van der Waals surface area contributed by atoms with Gasteiger partial charge in [-0.2, -0.15) is 0 Å². The molecule has 0 unspecified atom stereocenters. The van der Waals surface area contributed by atoms with Crippen LogP contribution in [-0.4, -0.2) is 17.5 Å². The molecule has 0 N–H and O–H groups in total. The van der Waals surface area contributed by atoms with Gasteiger partial charge in [-0.05, 0) is 45.9 Å². The fourth-order valence-corrected chi connectivity index (χ4v) is 2.65. The molecule has 1 aliphatic rings. The Kier molecular flexibility index (Phi) is 3.91. The Labute approximate surface area is 131 Å². The Morgan fingerprint density at radius 1 is 1.10 bits per heavy atom. The van der Waals surface area contributed by atoms with E-state index in [2.05, 4.69) is 22.6 Å². The number of hydrogen-bond acceptors (Lipinski definition) is 2. The van der Waals surface area contributed by atoms with Gasteiger partial charge < -0.3 is 4.74 Å². The first kappa shape index (κ1) is 13.4. The highest BCUT2D eigenvalue weighted by atomic mass is 127. The molecule has 102 valence electrons. The van der Waals surface area contributed by atoms with E-state index >= 15 is 0 Å². The third-order valence-corrected chi connectivity index (χ3v) is 4.06. The molecule has 1 saturated heterocycles. The highest BCUT2D eigenvalue weighted by Gasteiger charge is 2.31. The van der Waals surface area contributed by atoms with Crippen LogP contribution in [0.3, 0.4) is 0 Å². The number of nitrogens with zero attached hydrogens (tertiary/aromatic N) is 1. The summed E-state index contributed by atoms with van der Waals surface area (Å²) in [6.07, 6.45) is -0.398. The third kappa shape index (κ3) is 2.95. The van der Waals surface area contributed by atoms with Crippen LogP contribution in [0.4, 0.5) is 4.79 Å². The number of carbonyl (C=O) groups excluding carboxylic acids is 1. The normalized spacial score (nSPS) is 18.1. The predicted molar refractivity (Wildman–Crippen MR) is 85.2 cm³/mol. The van der Waals surface area contributed by atoms with Crippen LogP contribution >= 0.6 is 22.6 Å². The van der Waals surface area contributed by atoms with Crippen molar-refractivity contribution in [2.75, 3.05) is 6.54 Å². The SMILES string of the molecule is O=C1O[C@H](c2ccccc2)CN1Cc1ccc(I)cc1. The Hall–Kier alpha value is -1.56. The zero-order chi connectivity index (χ0) is 13.9. The summed E-state index contributed by atoms with van der Waals surface area (Å²) in [5.41, 5.74) is 2.17. The second-order valence-corrected chi connectivity index (χ2v) is 6.04. The number of amides is 1. The lowest BCUT2D eigenvalue weighted by Crippen LogP contribution is -2.23. The van der Waals surface area contributed by atoms with Crippen molar-refractivity contribution >= 4 is 28.7 Å². The van der Waals surface area contributed by atoms with Crippen molar-refractivity contribution in [2.45, 2.75) is 12.6 Å². The molecule has 1 amide bonds. The average molecular weight is 379 g/mol. The van der Waals surface area contributed by atoms with Gasteiger partial charge in [0.1, 0.15) is 6.10 Å². The molecular weight excluding hydrogens is 365 g/mol. The maximum absolute atomic E-state index is 11.9. The molecule has 0 aliphatic carbocycles. The van der Waals surface area contributed by atoms with E-state index < -0.39 is 0 Å². The second-order valence-electron chi connectivity index (χ2n) is 4.79. The summed E-state index contributed by atoms with van der Waals surface area (Å²) in [5, 5.41) is 0. The molecule has 1 aliphatic heterocycles. The van der Waals surface area contributed by atoms with Crippen molar-refractivity contribution < 1.29 is 9.53 Å².